The lowest BCUT2D eigenvalue weighted by atomic mass is 10.0. The van der Waals surface area contributed by atoms with Gasteiger partial charge < -0.3 is 14.2 Å². The van der Waals surface area contributed by atoms with Gasteiger partial charge in [-0.2, -0.15) is 0 Å². The molecule has 0 aliphatic carbocycles. The van der Waals surface area contributed by atoms with Gasteiger partial charge in [0.25, 0.3) is 0 Å². The van der Waals surface area contributed by atoms with Crippen LogP contribution >= 0.6 is 0 Å². The Morgan fingerprint density at radius 2 is 1.24 bits per heavy atom. The highest BCUT2D eigenvalue weighted by Crippen LogP contribution is 2.30. The molecule has 1 saturated heterocycles. The molecule has 1 aliphatic rings. The lowest BCUT2D eigenvalue weighted by Gasteiger charge is -2.35. The largest absolute Gasteiger partial charge is 0.573 e. The third-order valence-electron chi connectivity index (χ3n) is 7.30. The Hall–Kier alpha value is -3.56. The summed E-state index contributed by atoms with van der Waals surface area (Å²) in [4.78, 5) is 17.2. The molecule has 42 heavy (non-hydrogen) atoms. The molecule has 0 N–H and O–H groups in total. The Labute approximate surface area is 246 Å². The highest BCUT2D eigenvalue weighted by atomic mass is 19.4. The van der Waals surface area contributed by atoms with Crippen LogP contribution in [0.1, 0.15) is 43.0 Å². The molecule has 4 rings (SSSR count). The number of benzene rings is 3. The molecule has 9 heteroatoms. The summed E-state index contributed by atoms with van der Waals surface area (Å²) in [6, 6.07) is 18.3. The number of hydrogen-bond donors (Lipinski definition) is 0. The topological polar surface area (TPSA) is 51.2 Å². The average Bonchev–Trinajstić information content (AvgIpc) is 2.92. The highest BCUT2D eigenvalue weighted by molar-refractivity contribution is 5.79. The van der Waals surface area contributed by atoms with Gasteiger partial charge in [-0.3, -0.25) is 9.80 Å². The number of piperazine rings is 1. The number of esters is 1. The quantitative estimate of drug-likeness (QED) is 0.242. The minimum absolute atomic E-state index is 0.228. The zero-order chi connectivity index (χ0) is 30.5. The normalized spacial score (nSPS) is 15.0. The number of carbonyl (C=O) groups excluding carboxylic acids is 1. The van der Waals surface area contributed by atoms with E-state index in [2.05, 4.69) is 38.8 Å². The fraction of sp³-hybridized carbons (Fsp3) is 0.424. The number of carbonyl (C=O) groups is 1. The van der Waals surface area contributed by atoms with Gasteiger partial charge in [0.05, 0.1) is 6.61 Å². The van der Waals surface area contributed by atoms with Crippen LogP contribution in [0.15, 0.2) is 60.7 Å². The minimum atomic E-state index is -4.70. The van der Waals surface area contributed by atoms with Crippen molar-refractivity contribution in [3.63, 3.8) is 0 Å². The summed E-state index contributed by atoms with van der Waals surface area (Å²) in [7, 11) is 0. The number of aryl methyl sites for hydroxylation is 2. The average molecular weight is 585 g/mol. The third-order valence-corrected chi connectivity index (χ3v) is 7.30. The number of alkyl halides is 3. The minimum Gasteiger partial charge on any atom is -0.476 e. The van der Waals surface area contributed by atoms with Gasteiger partial charge in [0.2, 0.25) is 0 Å². The first-order valence-corrected chi connectivity index (χ1v) is 14.2. The maximum absolute atomic E-state index is 12.4. The van der Waals surface area contributed by atoms with Crippen LogP contribution < -0.4 is 9.47 Å². The van der Waals surface area contributed by atoms with Gasteiger partial charge >= 0.3 is 12.3 Å². The van der Waals surface area contributed by atoms with Crippen LogP contribution in [0.5, 0.6) is 11.5 Å². The van der Waals surface area contributed by atoms with Crippen molar-refractivity contribution in [1.29, 1.82) is 0 Å². The van der Waals surface area contributed by atoms with E-state index in [1.807, 2.05) is 26.0 Å². The standard InChI is InChI=1S/C33H39F3N2O4/c1-6-40-31(39)32(4,5)42-30-23(2)19-26(20-24(30)3)22-38-17-15-37(16-18-38)21-25-7-9-27(10-8-25)28-11-13-29(14-12-28)41-33(34,35)36/h7-14,19-20H,6,15-18,21-22H2,1-5H3. The lowest BCUT2D eigenvalue weighted by molar-refractivity contribution is -0.274. The zero-order valence-electron chi connectivity index (χ0n) is 24.9. The highest BCUT2D eigenvalue weighted by Gasteiger charge is 2.33. The van der Waals surface area contributed by atoms with E-state index in [4.69, 9.17) is 9.47 Å². The second-order valence-electron chi connectivity index (χ2n) is 11.2. The Bertz CT molecular complexity index is 1320. The van der Waals surface area contributed by atoms with Crippen molar-refractivity contribution in [3.05, 3.63) is 82.9 Å². The number of rotatable bonds is 10. The predicted molar refractivity (Wildman–Crippen MR) is 156 cm³/mol. The molecular formula is C33H39F3N2O4. The molecule has 0 radical (unpaired) electrons. The molecule has 3 aromatic rings. The molecule has 0 amide bonds. The van der Waals surface area contributed by atoms with Crippen LogP contribution in [-0.2, 0) is 22.6 Å². The van der Waals surface area contributed by atoms with E-state index < -0.39 is 12.0 Å². The van der Waals surface area contributed by atoms with Crippen molar-refractivity contribution in [2.45, 2.75) is 59.7 Å². The van der Waals surface area contributed by atoms with Gasteiger partial charge in [0.15, 0.2) is 5.60 Å². The smallest absolute Gasteiger partial charge is 0.476 e. The zero-order valence-corrected chi connectivity index (χ0v) is 24.9. The van der Waals surface area contributed by atoms with E-state index in [9.17, 15) is 18.0 Å². The van der Waals surface area contributed by atoms with Crippen LogP contribution in [0.4, 0.5) is 13.2 Å². The summed E-state index contributed by atoms with van der Waals surface area (Å²) in [5.74, 6) is 0.114. The lowest BCUT2D eigenvalue weighted by Crippen LogP contribution is -2.45. The van der Waals surface area contributed by atoms with Crippen LogP contribution in [0.25, 0.3) is 11.1 Å². The van der Waals surface area contributed by atoms with Crippen molar-refractivity contribution in [2.75, 3.05) is 32.8 Å². The second-order valence-corrected chi connectivity index (χ2v) is 11.2. The maximum atomic E-state index is 12.4. The van der Waals surface area contributed by atoms with Crippen molar-refractivity contribution in [3.8, 4) is 22.6 Å². The Morgan fingerprint density at radius 3 is 1.71 bits per heavy atom. The fourth-order valence-corrected chi connectivity index (χ4v) is 5.17. The van der Waals surface area contributed by atoms with E-state index in [1.54, 1.807) is 32.9 Å². The Balaban J connectivity index is 1.28. The van der Waals surface area contributed by atoms with Crippen molar-refractivity contribution >= 4 is 5.97 Å². The Morgan fingerprint density at radius 1 is 0.762 bits per heavy atom. The molecule has 0 aromatic heterocycles. The van der Waals surface area contributed by atoms with Gasteiger partial charge in [-0.05, 0) is 80.1 Å². The van der Waals surface area contributed by atoms with E-state index in [0.717, 1.165) is 67.3 Å². The fourth-order valence-electron chi connectivity index (χ4n) is 5.17. The molecule has 0 unspecified atom stereocenters. The van der Waals surface area contributed by atoms with E-state index in [1.165, 1.54) is 23.3 Å². The molecule has 226 valence electrons. The molecule has 1 heterocycles. The Kier molecular flexibility index (Phi) is 9.84. The summed E-state index contributed by atoms with van der Waals surface area (Å²) in [6.07, 6.45) is -4.70. The van der Waals surface area contributed by atoms with Crippen molar-refractivity contribution in [2.24, 2.45) is 0 Å². The first kappa shape index (κ1) is 31.4. The van der Waals surface area contributed by atoms with E-state index in [0.29, 0.717) is 6.61 Å². The molecule has 0 atom stereocenters. The summed E-state index contributed by atoms with van der Waals surface area (Å²) >= 11 is 0. The SMILES string of the molecule is CCOC(=O)C(C)(C)Oc1c(C)cc(CN2CCN(Cc3ccc(-c4ccc(OC(F)(F)F)cc4)cc3)CC2)cc1C. The first-order chi connectivity index (χ1) is 19.8. The van der Waals surface area contributed by atoms with Gasteiger partial charge in [0, 0.05) is 39.3 Å². The summed E-state index contributed by atoms with van der Waals surface area (Å²) in [5, 5.41) is 0. The third kappa shape index (κ3) is 8.49. The van der Waals surface area contributed by atoms with Crippen LogP contribution in [0.3, 0.4) is 0 Å². The number of ether oxygens (including phenoxy) is 3. The molecule has 0 spiro atoms. The molecule has 1 aliphatic heterocycles. The predicted octanol–water partition coefficient (Wildman–Crippen LogP) is 6.91. The van der Waals surface area contributed by atoms with Crippen molar-refractivity contribution in [1.82, 2.24) is 9.80 Å². The summed E-state index contributed by atoms with van der Waals surface area (Å²) < 4.78 is 52.4. The number of halogens is 3. The van der Waals surface area contributed by atoms with E-state index in [-0.39, 0.29) is 11.7 Å². The van der Waals surface area contributed by atoms with Gasteiger partial charge in [-0.15, -0.1) is 13.2 Å². The van der Waals surface area contributed by atoms with E-state index >= 15 is 0 Å². The summed E-state index contributed by atoms with van der Waals surface area (Å²) in [6.45, 7) is 15.1. The number of hydrogen-bond acceptors (Lipinski definition) is 6. The molecule has 0 saturated carbocycles. The number of nitrogens with zero attached hydrogens (tertiary/aromatic N) is 2. The van der Waals surface area contributed by atoms with Crippen LogP contribution in [-0.4, -0.2) is 60.5 Å². The second kappa shape index (κ2) is 13.2. The molecule has 0 bridgehead atoms. The monoisotopic (exact) mass is 584 g/mol. The molecule has 1 fully saturated rings. The van der Waals surface area contributed by atoms with Crippen molar-refractivity contribution < 1.29 is 32.2 Å². The van der Waals surface area contributed by atoms with Gasteiger partial charge in [-0.25, -0.2) is 4.79 Å². The molecule has 6 nitrogen and oxygen atoms in total. The van der Waals surface area contributed by atoms with Gasteiger partial charge in [-0.1, -0.05) is 48.5 Å². The maximum Gasteiger partial charge on any atom is 0.573 e. The molecular weight excluding hydrogens is 545 g/mol. The summed E-state index contributed by atoms with van der Waals surface area (Å²) in [5.41, 5.74) is 5.10. The van der Waals surface area contributed by atoms with Crippen LogP contribution in [0, 0.1) is 13.8 Å². The molecule has 3 aromatic carbocycles. The van der Waals surface area contributed by atoms with Gasteiger partial charge in [0.1, 0.15) is 11.5 Å². The first-order valence-electron chi connectivity index (χ1n) is 14.2. The van der Waals surface area contributed by atoms with Crippen LogP contribution in [0.2, 0.25) is 0 Å².